The van der Waals surface area contributed by atoms with Gasteiger partial charge in [-0.3, -0.25) is 9.59 Å². The molecule has 7 nitrogen and oxygen atoms in total. The highest BCUT2D eigenvalue weighted by atomic mass is 32.2. The zero-order valence-corrected chi connectivity index (χ0v) is 19.8. The van der Waals surface area contributed by atoms with Crippen LogP contribution in [0.4, 0.5) is 18.9 Å². The van der Waals surface area contributed by atoms with Crippen molar-refractivity contribution in [2.75, 3.05) is 5.73 Å². The van der Waals surface area contributed by atoms with Gasteiger partial charge in [-0.2, -0.15) is 17.9 Å². The molecule has 2 aromatic rings. The largest absolute Gasteiger partial charge is 0.421 e. The number of Topliss-reactive ketones (excluding diaryl/α,β-unsaturated/α-hetero) is 1. The highest BCUT2D eigenvalue weighted by Crippen LogP contribution is 2.52. The quantitative estimate of drug-likeness (QED) is 0.602. The predicted molar refractivity (Wildman–Crippen MR) is 122 cm³/mol. The zero-order chi connectivity index (χ0) is 25.8. The van der Waals surface area contributed by atoms with Crippen molar-refractivity contribution in [2.45, 2.75) is 49.8 Å². The Labute approximate surface area is 200 Å². The fourth-order valence-electron chi connectivity index (χ4n) is 4.63. The number of halogens is 3. The molecule has 35 heavy (non-hydrogen) atoms. The van der Waals surface area contributed by atoms with Gasteiger partial charge in [0.2, 0.25) is 15.6 Å². The number of allylic oxidation sites excluding steroid dienone is 1. The van der Waals surface area contributed by atoms with Crippen LogP contribution >= 0.6 is 0 Å². The van der Waals surface area contributed by atoms with E-state index in [1.54, 1.807) is 48.9 Å². The van der Waals surface area contributed by atoms with Gasteiger partial charge in [-0.15, -0.1) is 0 Å². The Morgan fingerprint density at radius 2 is 1.60 bits per heavy atom. The average molecular weight is 508 g/mol. The van der Waals surface area contributed by atoms with Crippen molar-refractivity contribution < 1.29 is 31.2 Å². The number of alkyl halides is 3. The normalized spacial score (nSPS) is 22.5. The Hall–Kier alpha value is -3.18. The summed E-state index contributed by atoms with van der Waals surface area (Å²) < 4.78 is 72.4. The Balaban J connectivity index is 1.92. The van der Waals surface area contributed by atoms with Gasteiger partial charge in [-0.05, 0) is 41.7 Å². The van der Waals surface area contributed by atoms with Crippen molar-refractivity contribution in [2.24, 2.45) is 5.41 Å². The van der Waals surface area contributed by atoms with Crippen LogP contribution in [-0.2, 0) is 26.2 Å². The first kappa shape index (κ1) is 24.9. The molecule has 4 rings (SSSR count). The minimum absolute atomic E-state index is 0.00588. The summed E-state index contributed by atoms with van der Waals surface area (Å²) in [7, 11) is -4.89. The minimum atomic E-state index is -5.44. The Bertz CT molecular complexity index is 1320. The lowest BCUT2D eigenvalue weighted by Crippen LogP contribution is -2.66. The molecule has 2 aromatic carbocycles. The fourth-order valence-corrected chi connectivity index (χ4v) is 5.95. The molecule has 0 aromatic heterocycles. The fraction of sp³-hybridized carbons (Fsp3) is 0.333. The molecular weight excluding hydrogens is 483 g/mol. The summed E-state index contributed by atoms with van der Waals surface area (Å²) in [5, 5.41) is 0. The van der Waals surface area contributed by atoms with Gasteiger partial charge in [0.1, 0.15) is 0 Å². The third-order valence-corrected chi connectivity index (χ3v) is 7.67. The van der Waals surface area contributed by atoms with Crippen molar-refractivity contribution in [3.8, 4) is 0 Å². The van der Waals surface area contributed by atoms with Crippen LogP contribution in [0.25, 0.3) is 0 Å². The molecule has 0 bridgehead atoms. The molecular formula is C24H24F3N3O4S. The number of benzene rings is 2. The Morgan fingerprint density at radius 3 is 2.17 bits per heavy atom. The molecule has 186 valence electrons. The van der Waals surface area contributed by atoms with Crippen LogP contribution in [0.15, 0.2) is 70.8 Å². The molecule has 0 saturated carbocycles. The van der Waals surface area contributed by atoms with Gasteiger partial charge in [0, 0.05) is 17.8 Å². The molecule has 1 atom stereocenters. The first-order valence-corrected chi connectivity index (χ1v) is 12.3. The van der Waals surface area contributed by atoms with Gasteiger partial charge >= 0.3 is 6.18 Å². The van der Waals surface area contributed by atoms with E-state index in [0.29, 0.717) is 5.56 Å². The number of nitrogen functional groups attached to an aromatic ring is 1. The molecule has 3 N–H and O–H groups in total. The number of amides is 1. The third kappa shape index (κ3) is 4.23. The SMILES string of the molecule is CC1(C)CC(=O)C2=C(C1)N(Cc1ccccc1)C(=O)C2(NS(=O)(=O)c1ccc(N)cc1)C(F)(F)F. The molecule has 0 fully saturated rings. The van der Waals surface area contributed by atoms with Crippen LogP contribution in [0.5, 0.6) is 0 Å². The van der Waals surface area contributed by atoms with Gasteiger partial charge in [-0.25, -0.2) is 8.42 Å². The molecule has 1 amide bonds. The first-order chi connectivity index (χ1) is 16.2. The number of carbonyl (C=O) groups is 2. The Kier molecular flexibility index (Phi) is 5.84. The van der Waals surface area contributed by atoms with E-state index < -0.39 is 49.3 Å². The van der Waals surface area contributed by atoms with E-state index in [1.807, 2.05) is 0 Å². The molecule has 0 spiro atoms. The van der Waals surface area contributed by atoms with Crippen LogP contribution < -0.4 is 10.5 Å². The van der Waals surface area contributed by atoms with Gasteiger partial charge < -0.3 is 10.6 Å². The lowest BCUT2D eigenvalue weighted by Gasteiger charge is -2.35. The molecule has 1 aliphatic heterocycles. The van der Waals surface area contributed by atoms with E-state index in [2.05, 4.69) is 0 Å². The summed E-state index contributed by atoms with van der Waals surface area (Å²) in [4.78, 5) is 27.2. The summed E-state index contributed by atoms with van der Waals surface area (Å²) in [5.41, 5.74) is 0.864. The number of rotatable bonds is 5. The van der Waals surface area contributed by atoms with Gasteiger partial charge in [-0.1, -0.05) is 44.2 Å². The van der Waals surface area contributed by atoms with Crippen LogP contribution in [0.3, 0.4) is 0 Å². The molecule has 1 heterocycles. The van der Waals surface area contributed by atoms with E-state index in [-0.39, 0.29) is 30.8 Å². The maximum atomic E-state index is 14.8. The highest BCUT2D eigenvalue weighted by Gasteiger charge is 2.72. The summed E-state index contributed by atoms with van der Waals surface area (Å²) >= 11 is 0. The molecule has 11 heteroatoms. The predicted octanol–water partition coefficient (Wildman–Crippen LogP) is 3.53. The summed E-state index contributed by atoms with van der Waals surface area (Å²) in [6, 6.07) is 12.8. The van der Waals surface area contributed by atoms with Gasteiger partial charge in [0.25, 0.3) is 5.91 Å². The summed E-state index contributed by atoms with van der Waals surface area (Å²) in [5.74, 6) is -2.47. The topological polar surface area (TPSA) is 110 Å². The van der Waals surface area contributed by atoms with E-state index in [4.69, 9.17) is 5.73 Å². The van der Waals surface area contributed by atoms with E-state index in [9.17, 15) is 31.2 Å². The van der Waals surface area contributed by atoms with Gasteiger partial charge in [0.15, 0.2) is 5.78 Å². The number of sulfonamides is 1. The summed E-state index contributed by atoms with van der Waals surface area (Å²) in [6.07, 6.45) is -5.71. The molecule has 0 saturated heterocycles. The maximum absolute atomic E-state index is 14.8. The number of ketones is 1. The van der Waals surface area contributed by atoms with Crippen LogP contribution in [0.2, 0.25) is 0 Å². The minimum Gasteiger partial charge on any atom is -0.399 e. The monoisotopic (exact) mass is 507 g/mol. The molecule has 1 unspecified atom stereocenters. The van der Waals surface area contributed by atoms with Crippen molar-refractivity contribution in [1.29, 1.82) is 0 Å². The number of hydrogen-bond acceptors (Lipinski definition) is 5. The molecule has 1 aliphatic carbocycles. The third-order valence-electron chi connectivity index (χ3n) is 6.21. The summed E-state index contributed by atoms with van der Waals surface area (Å²) in [6.45, 7) is 3.18. The number of nitrogens with zero attached hydrogens (tertiary/aromatic N) is 1. The molecule has 2 aliphatic rings. The van der Waals surface area contributed by atoms with Crippen molar-refractivity contribution in [3.63, 3.8) is 0 Å². The zero-order valence-electron chi connectivity index (χ0n) is 19.0. The smallest absolute Gasteiger partial charge is 0.399 e. The van der Waals surface area contributed by atoms with Crippen molar-refractivity contribution in [1.82, 2.24) is 9.62 Å². The average Bonchev–Trinajstić information content (AvgIpc) is 2.96. The highest BCUT2D eigenvalue weighted by molar-refractivity contribution is 7.89. The van der Waals surface area contributed by atoms with Crippen LogP contribution in [0.1, 0.15) is 32.3 Å². The Morgan fingerprint density at radius 1 is 1.00 bits per heavy atom. The van der Waals surface area contributed by atoms with Crippen LogP contribution in [0, 0.1) is 5.41 Å². The lowest BCUT2D eigenvalue weighted by molar-refractivity contribution is -0.189. The second-order valence-corrected chi connectivity index (χ2v) is 11.2. The number of anilines is 1. The number of nitrogens with two attached hydrogens (primary N) is 1. The number of hydrogen-bond donors (Lipinski definition) is 2. The second-order valence-electron chi connectivity index (χ2n) is 9.56. The standard InChI is InChI=1S/C24H24F3N3O4S/c1-22(2)12-18-20(19(31)13-22)23(24(25,26)27,21(32)30(18)14-15-6-4-3-5-7-15)29-35(33,34)17-10-8-16(28)9-11-17/h3-11,29H,12-14,28H2,1-2H3. The number of nitrogens with one attached hydrogen (secondary N) is 1. The van der Waals surface area contributed by atoms with Crippen molar-refractivity contribution >= 4 is 27.4 Å². The first-order valence-electron chi connectivity index (χ1n) is 10.8. The number of carbonyl (C=O) groups excluding carboxylic acids is 2. The van der Waals surface area contributed by atoms with Crippen molar-refractivity contribution in [3.05, 3.63) is 71.4 Å². The van der Waals surface area contributed by atoms with Crippen LogP contribution in [-0.4, -0.2) is 36.7 Å². The van der Waals surface area contributed by atoms with Gasteiger partial charge in [0.05, 0.1) is 17.0 Å². The molecule has 0 radical (unpaired) electrons. The van der Waals surface area contributed by atoms with E-state index in [1.165, 1.54) is 12.1 Å². The van der Waals surface area contributed by atoms with E-state index in [0.717, 1.165) is 17.0 Å². The van der Waals surface area contributed by atoms with E-state index >= 15 is 0 Å². The second kappa shape index (κ2) is 8.20. The maximum Gasteiger partial charge on any atom is 0.421 e. The lowest BCUT2D eigenvalue weighted by atomic mass is 9.72.